The molecule has 2 nitrogen and oxygen atoms in total. The lowest BCUT2D eigenvalue weighted by Crippen LogP contribution is -2.47. The molecular formula is C11H21NO. The molecule has 76 valence electrons. The van der Waals surface area contributed by atoms with Crippen molar-refractivity contribution in [1.82, 2.24) is 5.32 Å². The van der Waals surface area contributed by atoms with Crippen molar-refractivity contribution in [3.8, 4) is 0 Å². The lowest BCUT2D eigenvalue weighted by molar-refractivity contribution is -0.121. The van der Waals surface area contributed by atoms with Crippen molar-refractivity contribution in [2.45, 2.75) is 58.4 Å². The second kappa shape index (κ2) is 4.12. The smallest absolute Gasteiger partial charge is 0.217 e. The van der Waals surface area contributed by atoms with Crippen LogP contribution in [0, 0.1) is 5.92 Å². The van der Waals surface area contributed by atoms with E-state index >= 15 is 0 Å². The van der Waals surface area contributed by atoms with Gasteiger partial charge in [-0.3, -0.25) is 4.79 Å². The molecule has 1 aliphatic carbocycles. The summed E-state index contributed by atoms with van der Waals surface area (Å²) < 4.78 is 0. The Morgan fingerprint density at radius 2 is 2.00 bits per heavy atom. The van der Waals surface area contributed by atoms with Crippen LogP contribution < -0.4 is 5.32 Å². The first-order valence-electron chi connectivity index (χ1n) is 5.34. The Morgan fingerprint density at radius 1 is 1.46 bits per heavy atom. The molecule has 1 fully saturated rings. The lowest BCUT2D eigenvalue weighted by Gasteiger charge is -2.37. The van der Waals surface area contributed by atoms with Crippen LogP contribution in [-0.2, 0) is 4.79 Å². The maximum atomic E-state index is 11.0. The first-order chi connectivity index (χ1) is 6.06. The summed E-state index contributed by atoms with van der Waals surface area (Å²) in [6.45, 7) is 6.03. The monoisotopic (exact) mass is 183 g/mol. The zero-order valence-electron chi connectivity index (χ0n) is 9.02. The number of amides is 1. The van der Waals surface area contributed by atoms with Gasteiger partial charge in [0.1, 0.15) is 0 Å². The Balaban J connectivity index is 2.41. The Labute approximate surface area is 81.1 Å². The normalized spacial score (nSPS) is 34.2. The Hall–Kier alpha value is -0.530. The molecule has 0 atom stereocenters. The molecule has 1 amide bonds. The largest absolute Gasteiger partial charge is 0.351 e. The minimum atomic E-state index is 0.0809. The van der Waals surface area contributed by atoms with Gasteiger partial charge in [0.2, 0.25) is 5.91 Å². The summed E-state index contributed by atoms with van der Waals surface area (Å²) in [4.78, 5) is 11.0. The number of rotatable bonds is 2. The summed E-state index contributed by atoms with van der Waals surface area (Å²) in [6.07, 6.45) is 6.12. The molecule has 0 spiro atoms. The van der Waals surface area contributed by atoms with Crippen molar-refractivity contribution < 1.29 is 4.79 Å². The number of nitrogens with one attached hydrogen (secondary N) is 1. The number of hydrogen-bond acceptors (Lipinski definition) is 1. The maximum absolute atomic E-state index is 11.0. The van der Waals surface area contributed by atoms with Gasteiger partial charge in [0.25, 0.3) is 0 Å². The topological polar surface area (TPSA) is 29.1 Å². The van der Waals surface area contributed by atoms with E-state index in [2.05, 4.69) is 19.2 Å². The van der Waals surface area contributed by atoms with Crippen LogP contribution in [0.4, 0.5) is 0 Å². The highest BCUT2D eigenvalue weighted by molar-refractivity contribution is 5.73. The van der Waals surface area contributed by atoms with E-state index in [1.807, 2.05) is 0 Å². The SMILES string of the molecule is CCC1CCC(C)(NC(C)=O)CC1. The average Bonchev–Trinajstić information content (AvgIpc) is 2.04. The lowest BCUT2D eigenvalue weighted by atomic mass is 9.77. The second-order valence-electron chi connectivity index (χ2n) is 4.59. The van der Waals surface area contributed by atoms with Gasteiger partial charge < -0.3 is 5.32 Å². The highest BCUT2D eigenvalue weighted by Gasteiger charge is 2.30. The molecule has 13 heavy (non-hydrogen) atoms. The molecule has 0 radical (unpaired) electrons. The summed E-state index contributed by atoms with van der Waals surface area (Å²) in [5.41, 5.74) is 0.0809. The molecule has 1 rings (SSSR count). The molecule has 1 saturated carbocycles. The Kier molecular flexibility index (Phi) is 3.34. The fourth-order valence-corrected chi connectivity index (χ4v) is 2.27. The number of carbonyl (C=O) groups excluding carboxylic acids is 1. The van der Waals surface area contributed by atoms with Crippen LogP contribution >= 0.6 is 0 Å². The van der Waals surface area contributed by atoms with Crippen LogP contribution in [0.5, 0.6) is 0 Å². The van der Waals surface area contributed by atoms with E-state index in [9.17, 15) is 4.79 Å². The van der Waals surface area contributed by atoms with Crippen LogP contribution in [0.2, 0.25) is 0 Å². The molecule has 1 N–H and O–H groups in total. The van der Waals surface area contributed by atoms with E-state index in [1.165, 1.54) is 19.3 Å². The standard InChI is InChI=1S/C11H21NO/c1-4-10-5-7-11(3,8-6-10)12-9(2)13/h10H,4-8H2,1-3H3,(H,12,13). The van der Waals surface area contributed by atoms with Crippen LogP contribution in [0.25, 0.3) is 0 Å². The molecule has 0 saturated heterocycles. The van der Waals surface area contributed by atoms with Crippen molar-refractivity contribution >= 4 is 5.91 Å². The summed E-state index contributed by atoms with van der Waals surface area (Å²) in [6, 6.07) is 0. The average molecular weight is 183 g/mol. The first-order valence-corrected chi connectivity index (χ1v) is 5.34. The van der Waals surface area contributed by atoms with Gasteiger partial charge in [-0.15, -0.1) is 0 Å². The number of carbonyl (C=O) groups is 1. The van der Waals surface area contributed by atoms with Crippen LogP contribution in [-0.4, -0.2) is 11.4 Å². The molecule has 1 aliphatic rings. The van der Waals surface area contributed by atoms with Crippen molar-refractivity contribution in [2.75, 3.05) is 0 Å². The molecule has 0 aromatic carbocycles. The van der Waals surface area contributed by atoms with E-state index in [4.69, 9.17) is 0 Å². The highest BCUT2D eigenvalue weighted by Crippen LogP contribution is 2.33. The van der Waals surface area contributed by atoms with Crippen LogP contribution in [0.3, 0.4) is 0 Å². The quantitative estimate of drug-likeness (QED) is 0.700. The Morgan fingerprint density at radius 3 is 2.38 bits per heavy atom. The molecule has 0 aromatic rings. The van der Waals surface area contributed by atoms with E-state index in [-0.39, 0.29) is 11.4 Å². The fraction of sp³-hybridized carbons (Fsp3) is 0.909. The fourth-order valence-electron chi connectivity index (χ4n) is 2.27. The second-order valence-corrected chi connectivity index (χ2v) is 4.59. The maximum Gasteiger partial charge on any atom is 0.217 e. The van der Waals surface area contributed by atoms with E-state index in [0.717, 1.165) is 18.8 Å². The third kappa shape index (κ3) is 3.02. The summed E-state index contributed by atoms with van der Waals surface area (Å²) >= 11 is 0. The summed E-state index contributed by atoms with van der Waals surface area (Å²) in [5.74, 6) is 0.999. The molecule has 0 aromatic heterocycles. The molecule has 0 unspecified atom stereocenters. The predicted octanol–water partition coefficient (Wildman–Crippen LogP) is 2.48. The third-order valence-electron chi connectivity index (χ3n) is 3.26. The van der Waals surface area contributed by atoms with Crippen molar-refractivity contribution in [3.05, 3.63) is 0 Å². The van der Waals surface area contributed by atoms with Gasteiger partial charge in [-0.25, -0.2) is 0 Å². The summed E-state index contributed by atoms with van der Waals surface area (Å²) in [5, 5.41) is 3.06. The zero-order valence-corrected chi connectivity index (χ0v) is 9.02. The molecule has 2 heteroatoms. The molecule has 0 bridgehead atoms. The minimum absolute atomic E-state index is 0.0809. The van der Waals surface area contributed by atoms with Gasteiger partial charge >= 0.3 is 0 Å². The molecular weight excluding hydrogens is 162 g/mol. The zero-order chi connectivity index (χ0) is 9.90. The molecule has 0 heterocycles. The Bertz CT molecular complexity index is 181. The predicted molar refractivity (Wildman–Crippen MR) is 54.5 cm³/mol. The highest BCUT2D eigenvalue weighted by atomic mass is 16.1. The van der Waals surface area contributed by atoms with Gasteiger partial charge in [-0.1, -0.05) is 13.3 Å². The van der Waals surface area contributed by atoms with Gasteiger partial charge in [0.05, 0.1) is 0 Å². The van der Waals surface area contributed by atoms with E-state index in [0.29, 0.717) is 0 Å². The van der Waals surface area contributed by atoms with Crippen LogP contribution in [0.1, 0.15) is 52.9 Å². The van der Waals surface area contributed by atoms with Crippen molar-refractivity contribution in [1.29, 1.82) is 0 Å². The van der Waals surface area contributed by atoms with Gasteiger partial charge in [0.15, 0.2) is 0 Å². The van der Waals surface area contributed by atoms with Crippen molar-refractivity contribution in [3.63, 3.8) is 0 Å². The van der Waals surface area contributed by atoms with Crippen LogP contribution in [0.15, 0.2) is 0 Å². The molecule has 0 aliphatic heterocycles. The summed E-state index contributed by atoms with van der Waals surface area (Å²) in [7, 11) is 0. The third-order valence-corrected chi connectivity index (χ3v) is 3.26. The van der Waals surface area contributed by atoms with Crippen molar-refractivity contribution in [2.24, 2.45) is 5.92 Å². The minimum Gasteiger partial charge on any atom is -0.351 e. The first kappa shape index (κ1) is 10.6. The van der Waals surface area contributed by atoms with Gasteiger partial charge in [0, 0.05) is 12.5 Å². The number of hydrogen-bond donors (Lipinski definition) is 1. The van der Waals surface area contributed by atoms with E-state index in [1.54, 1.807) is 6.92 Å². The van der Waals surface area contributed by atoms with Gasteiger partial charge in [-0.05, 0) is 38.5 Å². The van der Waals surface area contributed by atoms with Gasteiger partial charge in [-0.2, -0.15) is 0 Å². The van der Waals surface area contributed by atoms with E-state index < -0.39 is 0 Å².